The fourth-order valence-electron chi connectivity index (χ4n) is 2.63. The molecule has 1 amide bonds. The van der Waals surface area contributed by atoms with Gasteiger partial charge in [0.15, 0.2) is 0 Å². The van der Waals surface area contributed by atoms with Crippen LogP contribution in [0.4, 0.5) is 5.69 Å². The van der Waals surface area contributed by atoms with Crippen molar-refractivity contribution in [2.75, 3.05) is 11.9 Å². The summed E-state index contributed by atoms with van der Waals surface area (Å²) in [5.41, 5.74) is 6.13. The molecule has 0 bridgehead atoms. The van der Waals surface area contributed by atoms with E-state index in [1.807, 2.05) is 4.72 Å². The summed E-state index contributed by atoms with van der Waals surface area (Å²) >= 11 is 0. The molecule has 6 nitrogen and oxygen atoms in total. The van der Waals surface area contributed by atoms with Crippen molar-refractivity contribution in [3.05, 3.63) is 36.0 Å². The van der Waals surface area contributed by atoms with Gasteiger partial charge in [-0.15, -0.1) is 0 Å². The van der Waals surface area contributed by atoms with Crippen molar-refractivity contribution in [1.82, 2.24) is 4.72 Å². The van der Waals surface area contributed by atoms with E-state index < -0.39 is 15.9 Å². The maximum atomic E-state index is 12.5. The van der Waals surface area contributed by atoms with E-state index in [1.54, 1.807) is 24.3 Å². The zero-order valence-electron chi connectivity index (χ0n) is 13.8. The van der Waals surface area contributed by atoms with Crippen molar-refractivity contribution in [3.63, 3.8) is 0 Å². The third-order valence-corrected chi connectivity index (χ3v) is 5.37. The van der Waals surface area contributed by atoms with Crippen LogP contribution in [0.3, 0.4) is 0 Å². The number of nitrogens with two attached hydrogens (primary N) is 1. The van der Waals surface area contributed by atoms with E-state index in [-0.39, 0.29) is 10.6 Å². The highest BCUT2D eigenvalue weighted by Gasteiger charge is 2.21. The number of para-hydroxylation sites is 1. The molecular weight excluding hydrogens is 326 g/mol. The maximum absolute atomic E-state index is 12.5. The van der Waals surface area contributed by atoms with Gasteiger partial charge in [-0.3, -0.25) is 4.79 Å². The minimum Gasteiger partial charge on any atom is -0.395 e. The van der Waals surface area contributed by atoms with Gasteiger partial charge in [0.2, 0.25) is 0 Å². The molecule has 0 saturated carbocycles. The zero-order valence-corrected chi connectivity index (χ0v) is 14.6. The number of fused-ring (bicyclic) bond motifs is 1. The number of hydrogen-bond acceptors (Lipinski definition) is 5. The molecule has 0 unspecified atom stereocenters. The lowest BCUT2D eigenvalue weighted by Gasteiger charge is -2.13. The SMILES string of the molecule is NC1=CCCCCCCCCNc2ccccc2S(=O)(=O)NC1=O. The Kier molecular flexibility index (Phi) is 6.66. The number of amides is 1. The molecule has 0 aromatic heterocycles. The summed E-state index contributed by atoms with van der Waals surface area (Å²) in [7, 11) is -3.97. The number of carbonyl (C=O) groups excluding carboxylic acids is 1. The van der Waals surface area contributed by atoms with Crippen LogP contribution < -0.4 is 15.8 Å². The summed E-state index contributed by atoms with van der Waals surface area (Å²) in [5.74, 6) is -0.781. The van der Waals surface area contributed by atoms with Crippen LogP contribution in [0.15, 0.2) is 40.9 Å². The van der Waals surface area contributed by atoms with E-state index in [1.165, 1.54) is 6.07 Å². The van der Waals surface area contributed by atoms with Crippen molar-refractivity contribution >= 4 is 21.6 Å². The molecular formula is C17H25N3O3S. The van der Waals surface area contributed by atoms with Gasteiger partial charge in [-0.1, -0.05) is 43.9 Å². The number of allylic oxidation sites excluding steroid dienone is 1. The molecule has 0 saturated heterocycles. The average molecular weight is 351 g/mol. The fraction of sp³-hybridized carbons (Fsp3) is 0.471. The molecule has 0 spiro atoms. The Morgan fingerprint density at radius 3 is 2.42 bits per heavy atom. The van der Waals surface area contributed by atoms with Crippen molar-refractivity contribution in [1.29, 1.82) is 0 Å². The minimum absolute atomic E-state index is 0.0539. The number of anilines is 1. The van der Waals surface area contributed by atoms with Crippen molar-refractivity contribution in [2.45, 2.75) is 49.8 Å². The summed E-state index contributed by atoms with van der Waals surface area (Å²) in [5, 5.41) is 3.15. The molecule has 4 N–H and O–H groups in total. The Hall–Kier alpha value is -2.02. The first-order valence-corrected chi connectivity index (χ1v) is 9.85. The van der Waals surface area contributed by atoms with E-state index in [9.17, 15) is 13.2 Å². The monoisotopic (exact) mass is 351 g/mol. The normalized spacial score (nSPS) is 20.2. The van der Waals surface area contributed by atoms with Crippen LogP contribution in [-0.4, -0.2) is 20.9 Å². The molecule has 7 heteroatoms. The summed E-state index contributed by atoms with van der Waals surface area (Å²) < 4.78 is 27.0. The minimum atomic E-state index is -3.97. The highest BCUT2D eigenvalue weighted by Crippen LogP contribution is 2.21. The molecule has 0 aliphatic carbocycles. The largest absolute Gasteiger partial charge is 0.395 e. The second-order valence-electron chi connectivity index (χ2n) is 5.93. The lowest BCUT2D eigenvalue weighted by atomic mass is 10.1. The summed E-state index contributed by atoms with van der Waals surface area (Å²) in [6, 6.07) is 6.56. The van der Waals surface area contributed by atoms with Gasteiger partial charge in [-0.05, 0) is 31.4 Å². The molecule has 132 valence electrons. The second-order valence-corrected chi connectivity index (χ2v) is 7.58. The average Bonchev–Trinajstić information content (AvgIpc) is 2.55. The van der Waals surface area contributed by atoms with E-state index >= 15 is 0 Å². The van der Waals surface area contributed by atoms with E-state index in [0.29, 0.717) is 18.7 Å². The number of rotatable bonds is 0. The summed E-state index contributed by atoms with van der Waals surface area (Å²) in [6.45, 7) is 0.697. The van der Waals surface area contributed by atoms with Crippen LogP contribution >= 0.6 is 0 Å². The number of carbonyl (C=O) groups is 1. The van der Waals surface area contributed by atoms with Gasteiger partial charge in [-0.25, -0.2) is 13.1 Å². The zero-order chi connectivity index (χ0) is 17.4. The molecule has 1 aromatic rings. The molecule has 2 rings (SSSR count). The third kappa shape index (κ3) is 5.26. The highest BCUT2D eigenvalue weighted by molar-refractivity contribution is 7.90. The van der Waals surface area contributed by atoms with Gasteiger partial charge < -0.3 is 11.1 Å². The number of hydrogen-bond donors (Lipinski definition) is 3. The first kappa shape index (κ1) is 18.3. The van der Waals surface area contributed by atoms with E-state index in [0.717, 1.165) is 38.5 Å². The van der Waals surface area contributed by atoms with Crippen LogP contribution in [0, 0.1) is 0 Å². The van der Waals surface area contributed by atoms with E-state index in [2.05, 4.69) is 5.32 Å². The maximum Gasteiger partial charge on any atom is 0.280 e. The van der Waals surface area contributed by atoms with Crippen molar-refractivity contribution < 1.29 is 13.2 Å². The number of nitrogens with one attached hydrogen (secondary N) is 2. The molecule has 1 heterocycles. The Morgan fingerprint density at radius 1 is 0.958 bits per heavy atom. The molecule has 1 aliphatic heterocycles. The van der Waals surface area contributed by atoms with Gasteiger partial charge in [-0.2, -0.15) is 0 Å². The molecule has 0 fully saturated rings. The molecule has 1 aromatic carbocycles. The van der Waals surface area contributed by atoms with Crippen LogP contribution in [0.2, 0.25) is 0 Å². The van der Waals surface area contributed by atoms with Gasteiger partial charge in [0.05, 0.1) is 11.4 Å². The summed E-state index contributed by atoms with van der Waals surface area (Å²) in [6.07, 6.45) is 8.70. The van der Waals surface area contributed by atoms with Gasteiger partial charge in [0.25, 0.3) is 15.9 Å². The number of benzene rings is 1. The molecule has 0 atom stereocenters. The Labute approximate surface area is 143 Å². The quantitative estimate of drug-likeness (QED) is 0.666. The van der Waals surface area contributed by atoms with Crippen LogP contribution in [0.25, 0.3) is 0 Å². The topological polar surface area (TPSA) is 101 Å². The standard InChI is InChI=1S/C17H25N3O3S/c18-14-10-6-4-2-1-3-5-9-13-19-15-11-7-8-12-16(15)24(22,23)20-17(14)21/h7-8,10-12,19H,1-6,9,13,18H2,(H,20,21). The van der Waals surface area contributed by atoms with Crippen molar-refractivity contribution in [2.24, 2.45) is 5.73 Å². The lowest BCUT2D eigenvalue weighted by Crippen LogP contribution is -2.34. The van der Waals surface area contributed by atoms with E-state index in [4.69, 9.17) is 5.73 Å². The Morgan fingerprint density at radius 2 is 1.62 bits per heavy atom. The Bertz CT molecular complexity index is 699. The molecule has 0 radical (unpaired) electrons. The van der Waals surface area contributed by atoms with Gasteiger partial charge in [0.1, 0.15) is 4.90 Å². The lowest BCUT2D eigenvalue weighted by molar-refractivity contribution is -0.115. The Balaban J connectivity index is 2.25. The van der Waals surface area contributed by atoms with Gasteiger partial charge in [0, 0.05) is 6.54 Å². The molecule has 1 aliphatic rings. The van der Waals surface area contributed by atoms with Crippen LogP contribution in [0.1, 0.15) is 44.9 Å². The van der Waals surface area contributed by atoms with Crippen LogP contribution in [0.5, 0.6) is 0 Å². The predicted octanol–water partition coefficient (Wildman–Crippen LogP) is 2.49. The van der Waals surface area contributed by atoms with Crippen LogP contribution in [-0.2, 0) is 14.8 Å². The van der Waals surface area contributed by atoms with Gasteiger partial charge >= 0.3 is 0 Å². The first-order valence-electron chi connectivity index (χ1n) is 8.36. The summed E-state index contributed by atoms with van der Waals surface area (Å²) in [4.78, 5) is 12.1. The second kappa shape index (κ2) is 8.73. The van der Waals surface area contributed by atoms with Crippen molar-refractivity contribution in [3.8, 4) is 0 Å². The number of sulfonamides is 1. The first-order chi connectivity index (χ1) is 11.5. The third-order valence-electron chi connectivity index (χ3n) is 3.98. The fourth-order valence-corrected chi connectivity index (χ4v) is 3.79. The molecule has 24 heavy (non-hydrogen) atoms. The predicted molar refractivity (Wildman–Crippen MR) is 94.8 cm³/mol. The highest BCUT2D eigenvalue weighted by atomic mass is 32.2. The smallest absolute Gasteiger partial charge is 0.280 e.